The molecule has 8 heteroatoms. The molecule has 1 aliphatic rings. The molecule has 0 saturated carbocycles. The largest absolute Gasteiger partial charge is 0.493 e. The first-order chi connectivity index (χ1) is 19.6. The maximum Gasteiger partial charge on any atom is 0.256 e. The Balaban J connectivity index is 1.54. The van der Waals surface area contributed by atoms with E-state index < -0.39 is 0 Å². The van der Waals surface area contributed by atoms with Gasteiger partial charge in [-0.25, -0.2) is 4.98 Å². The molecule has 0 unspecified atom stereocenters. The molecule has 0 fully saturated rings. The number of hydrogen-bond donors (Lipinski definition) is 0. The van der Waals surface area contributed by atoms with Crippen LogP contribution in [0.5, 0.6) is 17.2 Å². The number of ether oxygens (including phenoxy) is 4. The summed E-state index contributed by atoms with van der Waals surface area (Å²) in [5.41, 5.74) is 5.01. The van der Waals surface area contributed by atoms with Gasteiger partial charge in [-0.1, -0.05) is 60.7 Å². The molecular formula is C32H33N3O5. The minimum atomic E-state index is -0.0823. The van der Waals surface area contributed by atoms with Crippen molar-refractivity contribution >= 4 is 17.6 Å². The second-order valence-corrected chi connectivity index (χ2v) is 9.45. The van der Waals surface area contributed by atoms with Crippen molar-refractivity contribution in [1.29, 1.82) is 0 Å². The highest BCUT2D eigenvalue weighted by atomic mass is 16.5. The van der Waals surface area contributed by atoms with Gasteiger partial charge in [0, 0.05) is 19.5 Å². The third-order valence-electron chi connectivity index (χ3n) is 6.86. The van der Waals surface area contributed by atoms with Crippen molar-refractivity contribution < 1.29 is 23.7 Å². The zero-order valence-electron chi connectivity index (χ0n) is 23.0. The number of benzene rings is 3. The molecule has 0 saturated heterocycles. The standard InChI is InChI=1S/C32H33N3O5/c1-37-28-17-25(18-29(38-2)31(28)39-3)16-26-30-27(14-15-34(32(26)36)19-23-10-6-4-7-11-23)33-21-35(30)22-40-20-24-12-8-5-9-13-24/h4-13,16-18,21H,14-15,19-20,22H2,1-3H3/b26-16-. The molecule has 3 aromatic carbocycles. The zero-order valence-corrected chi connectivity index (χ0v) is 23.0. The van der Waals surface area contributed by atoms with Crippen LogP contribution in [-0.2, 0) is 35.8 Å². The van der Waals surface area contributed by atoms with Crippen molar-refractivity contribution in [3.05, 3.63) is 107 Å². The molecule has 4 aromatic rings. The Kier molecular flexibility index (Phi) is 8.47. The molecule has 0 N–H and O–H groups in total. The topological polar surface area (TPSA) is 75.1 Å². The first-order valence-corrected chi connectivity index (χ1v) is 13.1. The Labute approximate surface area is 234 Å². The van der Waals surface area contributed by atoms with E-state index in [9.17, 15) is 4.79 Å². The Hall–Kier alpha value is -4.56. The Bertz CT molecular complexity index is 1460. The third kappa shape index (κ3) is 5.87. The molecule has 0 radical (unpaired) electrons. The SMILES string of the molecule is COc1cc(/C=C2\C(=O)N(Cc3ccccc3)CCc3ncn(COCc4ccccc4)c32)cc(OC)c1OC. The van der Waals surface area contributed by atoms with Crippen molar-refractivity contribution in [1.82, 2.24) is 14.5 Å². The lowest BCUT2D eigenvalue weighted by Crippen LogP contribution is -2.31. The lowest BCUT2D eigenvalue weighted by atomic mass is 10.0. The monoisotopic (exact) mass is 539 g/mol. The number of methoxy groups -OCH3 is 3. The number of amides is 1. The summed E-state index contributed by atoms with van der Waals surface area (Å²) in [6, 6.07) is 23.7. The van der Waals surface area contributed by atoms with E-state index in [0.717, 1.165) is 28.1 Å². The van der Waals surface area contributed by atoms with E-state index >= 15 is 0 Å². The van der Waals surface area contributed by atoms with E-state index in [1.165, 1.54) is 0 Å². The van der Waals surface area contributed by atoms with Gasteiger partial charge in [0.15, 0.2) is 11.5 Å². The fraction of sp³-hybridized carbons (Fsp3) is 0.250. The molecule has 1 amide bonds. The van der Waals surface area contributed by atoms with Gasteiger partial charge in [-0.3, -0.25) is 4.79 Å². The minimum absolute atomic E-state index is 0.0823. The predicted molar refractivity (Wildman–Crippen MR) is 153 cm³/mol. The molecule has 0 aliphatic carbocycles. The van der Waals surface area contributed by atoms with E-state index in [1.807, 2.05) is 88.3 Å². The van der Waals surface area contributed by atoms with Crippen molar-refractivity contribution in [3.8, 4) is 17.2 Å². The first kappa shape index (κ1) is 27.0. The molecule has 2 heterocycles. The maximum atomic E-state index is 14.2. The van der Waals surface area contributed by atoms with Gasteiger partial charge < -0.3 is 28.4 Å². The van der Waals surface area contributed by atoms with Crippen LogP contribution in [0.3, 0.4) is 0 Å². The van der Waals surface area contributed by atoms with Crippen molar-refractivity contribution in [2.75, 3.05) is 27.9 Å². The summed E-state index contributed by atoms with van der Waals surface area (Å²) < 4.78 is 24.6. The van der Waals surface area contributed by atoms with E-state index in [-0.39, 0.29) is 12.6 Å². The predicted octanol–water partition coefficient (Wildman–Crippen LogP) is 5.21. The molecule has 0 spiro atoms. The van der Waals surface area contributed by atoms with E-state index in [1.54, 1.807) is 27.7 Å². The van der Waals surface area contributed by atoms with Gasteiger partial charge in [0.05, 0.1) is 51.2 Å². The molecular weight excluding hydrogens is 506 g/mol. The zero-order chi connectivity index (χ0) is 27.9. The van der Waals surface area contributed by atoms with Crippen LogP contribution in [-0.4, -0.2) is 48.2 Å². The summed E-state index contributed by atoms with van der Waals surface area (Å²) in [5.74, 6) is 1.43. The fourth-order valence-corrected chi connectivity index (χ4v) is 4.90. The van der Waals surface area contributed by atoms with Gasteiger partial charge in [-0.15, -0.1) is 0 Å². The van der Waals surface area contributed by atoms with Crippen molar-refractivity contribution in [3.63, 3.8) is 0 Å². The minimum Gasteiger partial charge on any atom is -0.493 e. The van der Waals surface area contributed by atoms with Crippen LogP contribution in [0.4, 0.5) is 0 Å². The van der Waals surface area contributed by atoms with Crippen molar-refractivity contribution in [2.45, 2.75) is 26.3 Å². The Morgan fingerprint density at radius 1 is 0.875 bits per heavy atom. The van der Waals surface area contributed by atoms with Gasteiger partial charge in [0.25, 0.3) is 5.91 Å². The van der Waals surface area contributed by atoms with Gasteiger partial charge in [-0.05, 0) is 34.9 Å². The van der Waals surface area contributed by atoms with Crippen LogP contribution in [0.2, 0.25) is 0 Å². The number of rotatable bonds is 10. The van der Waals surface area contributed by atoms with E-state index in [0.29, 0.717) is 48.9 Å². The fourth-order valence-electron chi connectivity index (χ4n) is 4.90. The van der Waals surface area contributed by atoms with Crippen LogP contribution in [0.1, 0.15) is 28.1 Å². The Morgan fingerprint density at radius 3 is 2.15 bits per heavy atom. The molecule has 0 bridgehead atoms. The maximum absolute atomic E-state index is 14.2. The molecule has 0 atom stereocenters. The van der Waals surface area contributed by atoms with Gasteiger partial charge >= 0.3 is 0 Å². The normalized spacial score (nSPS) is 14.1. The first-order valence-electron chi connectivity index (χ1n) is 13.1. The lowest BCUT2D eigenvalue weighted by molar-refractivity contribution is -0.125. The van der Waals surface area contributed by atoms with Crippen LogP contribution in [0.25, 0.3) is 11.6 Å². The second kappa shape index (κ2) is 12.5. The Morgan fingerprint density at radius 2 is 1.52 bits per heavy atom. The summed E-state index contributed by atoms with van der Waals surface area (Å²) in [6.07, 6.45) is 4.25. The average Bonchev–Trinajstić information content (AvgIpc) is 3.34. The van der Waals surface area contributed by atoms with Crippen LogP contribution < -0.4 is 14.2 Å². The van der Waals surface area contributed by atoms with E-state index in [4.69, 9.17) is 23.9 Å². The second-order valence-electron chi connectivity index (χ2n) is 9.45. The number of hydrogen-bond acceptors (Lipinski definition) is 6. The van der Waals surface area contributed by atoms with Crippen molar-refractivity contribution in [2.24, 2.45) is 0 Å². The van der Waals surface area contributed by atoms with Gasteiger partial charge in [0.1, 0.15) is 6.73 Å². The number of aromatic nitrogens is 2. The molecule has 8 nitrogen and oxygen atoms in total. The lowest BCUT2D eigenvalue weighted by Gasteiger charge is -2.22. The molecule has 1 aromatic heterocycles. The number of carbonyl (C=O) groups excluding carboxylic acids is 1. The number of fused-ring (bicyclic) bond motifs is 1. The highest BCUT2D eigenvalue weighted by Crippen LogP contribution is 2.39. The molecule has 1 aliphatic heterocycles. The highest BCUT2D eigenvalue weighted by molar-refractivity contribution is 6.24. The highest BCUT2D eigenvalue weighted by Gasteiger charge is 2.30. The summed E-state index contributed by atoms with van der Waals surface area (Å²) in [5, 5.41) is 0. The summed E-state index contributed by atoms with van der Waals surface area (Å²) in [7, 11) is 4.71. The number of nitrogens with zero attached hydrogens (tertiary/aromatic N) is 3. The van der Waals surface area contributed by atoms with Crippen LogP contribution in [0, 0.1) is 0 Å². The third-order valence-corrected chi connectivity index (χ3v) is 6.86. The van der Waals surface area contributed by atoms with Gasteiger partial charge in [-0.2, -0.15) is 0 Å². The average molecular weight is 540 g/mol. The summed E-state index contributed by atoms with van der Waals surface area (Å²) in [4.78, 5) is 20.8. The smallest absolute Gasteiger partial charge is 0.256 e. The van der Waals surface area contributed by atoms with E-state index in [2.05, 4.69) is 0 Å². The number of carbonyl (C=O) groups is 1. The van der Waals surface area contributed by atoms with Crippen LogP contribution >= 0.6 is 0 Å². The molecule has 40 heavy (non-hydrogen) atoms. The molecule has 206 valence electrons. The summed E-state index contributed by atoms with van der Waals surface area (Å²) in [6.45, 7) is 1.76. The number of imidazole rings is 1. The quantitative estimate of drug-likeness (QED) is 0.258. The summed E-state index contributed by atoms with van der Waals surface area (Å²) >= 11 is 0. The molecule has 5 rings (SSSR count). The van der Waals surface area contributed by atoms with Crippen LogP contribution in [0.15, 0.2) is 79.1 Å². The van der Waals surface area contributed by atoms with Gasteiger partial charge in [0.2, 0.25) is 5.75 Å².